The van der Waals surface area contributed by atoms with Crippen LogP contribution in [0.5, 0.6) is 0 Å². The van der Waals surface area contributed by atoms with Gasteiger partial charge in [0.2, 0.25) is 0 Å². The average molecular weight is 309 g/mol. The molecule has 1 aliphatic heterocycles. The van der Waals surface area contributed by atoms with E-state index in [-0.39, 0.29) is 11.4 Å². The highest BCUT2D eigenvalue weighted by Crippen LogP contribution is 2.28. The first-order valence-corrected chi connectivity index (χ1v) is 8.07. The van der Waals surface area contributed by atoms with Crippen molar-refractivity contribution in [3.63, 3.8) is 0 Å². The quantitative estimate of drug-likeness (QED) is 0.915. The normalized spacial score (nSPS) is 14.3. The number of rotatable bonds is 2. The minimum absolute atomic E-state index is 0.0159. The van der Waals surface area contributed by atoms with E-state index in [9.17, 15) is 4.79 Å². The second kappa shape index (κ2) is 6.03. The van der Waals surface area contributed by atoms with Crippen LogP contribution in [0, 0.1) is 0 Å². The lowest BCUT2D eigenvalue weighted by molar-refractivity contribution is 0.0985. The third kappa shape index (κ3) is 3.52. The monoisotopic (exact) mass is 309 g/mol. The van der Waals surface area contributed by atoms with Crippen molar-refractivity contribution in [2.75, 3.05) is 16.8 Å². The number of hydrogen-bond donors (Lipinski definition) is 1. The van der Waals surface area contributed by atoms with Gasteiger partial charge in [-0.1, -0.05) is 18.2 Å². The van der Waals surface area contributed by atoms with E-state index in [2.05, 4.69) is 37.1 Å². The maximum Gasteiger partial charge on any atom is 0.259 e. The van der Waals surface area contributed by atoms with E-state index in [4.69, 9.17) is 0 Å². The van der Waals surface area contributed by atoms with Gasteiger partial charge < -0.3 is 10.2 Å². The molecule has 1 N–H and O–H groups in total. The van der Waals surface area contributed by atoms with Crippen LogP contribution in [0.4, 0.5) is 11.4 Å². The summed E-state index contributed by atoms with van der Waals surface area (Å²) in [7, 11) is 0. The number of nitrogens with one attached hydrogen (secondary N) is 1. The van der Waals surface area contributed by atoms with Crippen LogP contribution in [0.1, 0.15) is 43.1 Å². The Labute approximate surface area is 137 Å². The number of para-hydroxylation sites is 1. The minimum atomic E-state index is -0.0684. The van der Waals surface area contributed by atoms with Crippen LogP contribution >= 0.6 is 0 Å². The zero-order valence-corrected chi connectivity index (χ0v) is 14.0. The molecule has 0 fully saturated rings. The summed E-state index contributed by atoms with van der Waals surface area (Å²) in [6.45, 7) is 7.01. The molecule has 0 unspecified atom stereocenters. The van der Waals surface area contributed by atoms with Crippen molar-refractivity contribution in [1.82, 2.24) is 4.98 Å². The summed E-state index contributed by atoms with van der Waals surface area (Å²) >= 11 is 0. The van der Waals surface area contributed by atoms with Crippen molar-refractivity contribution in [2.45, 2.75) is 39.2 Å². The molecule has 4 nitrogen and oxygen atoms in total. The topological polar surface area (TPSA) is 45.2 Å². The number of fused-ring (bicyclic) bond motifs is 1. The summed E-state index contributed by atoms with van der Waals surface area (Å²) in [6.07, 6.45) is 5.43. The van der Waals surface area contributed by atoms with Crippen molar-refractivity contribution in [3.8, 4) is 0 Å². The van der Waals surface area contributed by atoms with Gasteiger partial charge in [-0.2, -0.15) is 0 Å². The second-order valence-electron chi connectivity index (χ2n) is 7.03. The first kappa shape index (κ1) is 15.5. The van der Waals surface area contributed by atoms with Gasteiger partial charge >= 0.3 is 0 Å². The first-order valence-electron chi connectivity index (χ1n) is 8.07. The smallest absolute Gasteiger partial charge is 0.259 e. The number of hydrogen-bond acceptors (Lipinski definition) is 3. The van der Waals surface area contributed by atoms with Crippen LogP contribution in [0.2, 0.25) is 0 Å². The molecular weight excluding hydrogens is 286 g/mol. The summed E-state index contributed by atoms with van der Waals surface area (Å²) in [4.78, 5) is 19.0. The van der Waals surface area contributed by atoms with Crippen molar-refractivity contribution >= 4 is 17.3 Å². The van der Waals surface area contributed by atoms with Crippen molar-refractivity contribution in [3.05, 3.63) is 53.9 Å². The molecule has 0 saturated heterocycles. The van der Waals surface area contributed by atoms with E-state index < -0.39 is 0 Å². The Morgan fingerprint density at radius 2 is 2.00 bits per heavy atom. The predicted molar refractivity (Wildman–Crippen MR) is 94.1 cm³/mol. The lowest BCUT2D eigenvalue weighted by Crippen LogP contribution is -2.35. The zero-order chi connectivity index (χ0) is 16.4. The minimum Gasteiger partial charge on any atom is -0.379 e. The molecule has 1 aromatic heterocycles. The lowest BCUT2D eigenvalue weighted by atomic mass is 10.0. The summed E-state index contributed by atoms with van der Waals surface area (Å²) in [6, 6.07) is 10.0. The highest BCUT2D eigenvalue weighted by Gasteiger charge is 2.23. The Kier molecular flexibility index (Phi) is 4.07. The van der Waals surface area contributed by atoms with Gasteiger partial charge in [-0.15, -0.1) is 0 Å². The molecule has 0 aliphatic carbocycles. The molecule has 4 heteroatoms. The number of pyridine rings is 1. The number of aromatic nitrogens is 1. The summed E-state index contributed by atoms with van der Waals surface area (Å²) < 4.78 is 0. The average Bonchev–Trinajstić information content (AvgIpc) is 2.52. The third-order valence-corrected chi connectivity index (χ3v) is 3.86. The fraction of sp³-hybridized carbons (Fsp3) is 0.368. The molecule has 1 amide bonds. The SMILES string of the molecule is CC(C)(C)Nc1cncc(C(=O)N2CCCc3ccccc32)c1. The molecule has 0 bridgehead atoms. The van der Waals surface area contributed by atoms with E-state index in [0.717, 1.165) is 30.8 Å². The Morgan fingerprint density at radius 1 is 1.22 bits per heavy atom. The van der Waals surface area contributed by atoms with Crippen LogP contribution in [-0.4, -0.2) is 23.0 Å². The van der Waals surface area contributed by atoms with E-state index in [1.54, 1.807) is 12.4 Å². The fourth-order valence-corrected chi connectivity index (χ4v) is 2.96. The van der Waals surface area contributed by atoms with Crippen LogP contribution in [0.25, 0.3) is 0 Å². The Hall–Kier alpha value is -2.36. The number of amides is 1. The zero-order valence-electron chi connectivity index (χ0n) is 14.0. The number of aryl methyl sites for hydroxylation is 1. The summed E-state index contributed by atoms with van der Waals surface area (Å²) in [5.74, 6) is 0.0159. The maximum absolute atomic E-state index is 12.9. The van der Waals surface area contributed by atoms with Crippen molar-refractivity contribution in [2.24, 2.45) is 0 Å². The molecule has 23 heavy (non-hydrogen) atoms. The standard InChI is InChI=1S/C19H23N3O/c1-19(2,3)21-16-11-15(12-20-13-16)18(23)22-10-6-8-14-7-4-5-9-17(14)22/h4-5,7,9,11-13,21H,6,8,10H2,1-3H3. The molecule has 0 radical (unpaired) electrons. The van der Waals surface area contributed by atoms with Crippen LogP contribution in [-0.2, 0) is 6.42 Å². The molecule has 2 aromatic rings. The van der Waals surface area contributed by atoms with Gasteiger partial charge in [0.25, 0.3) is 5.91 Å². The number of carbonyl (C=O) groups excluding carboxylic acids is 1. The predicted octanol–water partition coefficient (Wildman–Crippen LogP) is 3.89. The highest BCUT2D eigenvalue weighted by atomic mass is 16.2. The van der Waals surface area contributed by atoms with Gasteiger partial charge in [-0.25, -0.2) is 0 Å². The third-order valence-electron chi connectivity index (χ3n) is 3.86. The van der Waals surface area contributed by atoms with E-state index in [0.29, 0.717) is 5.56 Å². The highest BCUT2D eigenvalue weighted by molar-refractivity contribution is 6.07. The largest absolute Gasteiger partial charge is 0.379 e. The molecule has 120 valence electrons. The number of anilines is 2. The van der Waals surface area contributed by atoms with Gasteiger partial charge in [-0.3, -0.25) is 9.78 Å². The number of carbonyl (C=O) groups is 1. The lowest BCUT2D eigenvalue weighted by Gasteiger charge is -2.29. The first-order chi connectivity index (χ1) is 10.9. The summed E-state index contributed by atoms with van der Waals surface area (Å²) in [5.41, 5.74) is 3.69. The van der Waals surface area contributed by atoms with E-state index >= 15 is 0 Å². The van der Waals surface area contributed by atoms with Crippen molar-refractivity contribution in [1.29, 1.82) is 0 Å². The van der Waals surface area contributed by atoms with E-state index in [1.165, 1.54) is 5.56 Å². The molecule has 3 rings (SSSR count). The van der Waals surface area contributed by atoms with Gasteiger partial charge in [0, 0.05) is 30.2 Å². The Balaban J connectivity index is 1.88. The van der Waals surface area contributed by atoms with Crippen LogP contribution in [0.15, 0.2) is 42.7 Å². The van der Waals surface area contributed by atoms with E-state index in [1.807, 2.05) is 29.2 Å². The molecule has 0 atom stereocenters. The molecule has 0 spiro atoms. The van der Waals surface area contributed by atoms with Crippen LogP contribution < -0.4 is 10.2 Å². The molecule has 0 saturated carbocycles. The maximum atomic E-state index is 12.9. The second-order valence-corrected chi connectivity index (χ2v) is 7.03. The van der Waals surface area contributed by atoms with Gasteiger partial charge in [-0.05, 0) is 51.3 Å². The van der Waals surface area contributed by atoms with Gasteiger partial charge in [0.05, 0.1) is 11.3 Å². The van der Waals surface area contributed by atoms with Crippen molar-refractivity contribution < 1.29 is 4.79 Å². The van der Waals surface area contributed by atoms with Gasteiger partial charge in [0.1, 0.15) is 0 Å². The molecular formula is C19H23N3O. The summed E-state index contributed by atoms with van der Waals surface area (Å²) in [5, 5.41) is 3.37. The number of benzene rings is 1. The van der Waals surface area contributed by atoms with Crippen LogP contribution in [0.3, 0.4) is 0 Å². The Morgan fingerprint density at radius 3 is 2.78 bits per heavy atom. The fourth-order valence-electron chi connectivity index (χ4n) is 2.96. The molecule has 1 aliphatic rings. The van der Waals surface area contributed by atoms with Gasteiger partial charge in [0.15, 0.2) is 0 Å². The molecule has 1 aromatic carbocycles. The Bertz CT molecular complexity index is 719. The number of nitrogens with zero attached hydrogens (tertiary/aromatic N) is 2. The molecule has 2 heterocycles.